The standard InChI is InChI=1S/C16H21N3O2/c1-10(2)16(20)21-11(3)8-15-17-13-7-6-12(19(4)5)9-14(13)18-15/h6-7,9,11H,1,8H2,2-5H3,(H,17,18). The number of fused-ring (bicyclic) bond motifs is 1. The van der Waals surface area contributed by atoms with Gasteiger partial charge in [0.15, 0.2) is 0 Å². The highest BCUT2D eigenvalue weighted by Gasteiger charge is 2.13. The second-order valence-corrected chi connectivity index (χ2v) is 5.48. The molecule has 1 N–H and O–H groups in total. The lowest BCUT2D eigenvalue weighted by Crippen LogP contribution is -2.18. The Kier molecular flexibility index (Phi) is 4.31. The number of aromatic nitrogens is 2. The molecule has 0 radical (unpaired) electrons. The Balaban J connectivity index is 2.12. The summed E-state index contributed by atoms with van der Waals surface area (Å²) in [6, 6.07) is 6.06. The molecule has 0 aliphatic carbocycles. The fourth-order valence-corrected chi connectivity index (χ4v) is 2.02. The predicted molar refractivity (Wildman–Crippen MR) is 84.5 cm³/mol. The van der Waals surface area contributed by atoms with E-state index in [2.05, 4.69) is 22.6 Å². The molecule has 5 heteroatoms. The van der Waals surface area contributed by atoms with Crippen LogP contribution in [0.4, 0.5) is 5.69 Å². The van der Waals surface area contributed by atoms with E-state index in [-0.39, 0.29) is 12.1 Å². The van der Waals surface area contributed by atoms with Crippen molar-refractivity contribution in [1.82, 2.24) is 9.97 Å². The molecule has 0 fully saturated rings. The molecule has 112 valence electrons. The third-order valence-corrected chi connectivity index (χ3v) is 3.17. The van der Waals surface area contributed by atoms with Crippen molar-refractivity contribution >= 4 is 22.7 Å². The monoisotopic (exact) mass is 287 g/mol. The van der Waals surface area contributed by atoms with Crippen molar-refractivity contribution in [3.05, 3.63) is 36.2 Å². The number of nitrogens with zero attached hydrogens (tertiary/aromatic N) is 2. The van der Waals surface area contributed by atoms with Gasteiger partial charge in [-0.05, 0) is 32.0 Å². The molecule has 0 aliphatic rings. The Bertz CT molecular complexity index is 673. The van der Waals surface area contributed by atoms with Crippen molar-refractivity contribution in [3.63, 3.8) is 0 Å². The Labute approximate surface area is 124 Å². The van der Waals surface area contributed by atoms with Crippen LogP contribution >= 0.6 is 0 Å². The van der Waals surface area contributed by atoms with E-state index in [9.17, 15) is 4.79 Å². The van der Waals surface area contributed by atoms with E-state index in [0.29, 0.717) is 12.0 Å². The van der Waals surface area contributed by atoms with Crippen molar-refractivity contribution in [3.8, 4) is 0 Å². The number of aromatic amines is 1. The van der Waals surface area contributed by atoms with Crippen LogP contribution < -0.4 is 4.90 Å². The number of H-pyrrole nitrogens is 1. The molecule has 1 heterocycles. The largest absolute Gasteiger partial charge is 0.459 e. The van der Waals surface area contributed by atoms with Crippen LogP contribution in [0.5, 0.6) is 0 Å². The lowest BCUT2D eigenvalue weighted by atomic mass is 10.2. The maximum absolute atomic E-state index is 11.5. The number of carbonyl (C=O) groups excluding carboxylic acids is 1. The molecule has 1 unspecified atom stereocenters. The first-order valence-electron chi connectivity index (χ1n) is 6.89. The fourth-order valence-electron chi connectivity index (χ4n) is 2.02. The third-order valence-electron chi connectivity index (χ3n) is 3.17. The zero-order valence-electron chi connectivity index (χ0n) is 12.9. The molecular weight excluding hydrogens is 266 g/mol. The van der Waals surface area contributed by atoms with E-state index in [1.807, 2.05) is 38.1 Å². The van der Waals surface area contributed by atoms with Gasteiger partial charge in [-0.3, -0.25) is 0 Å². The maximum Gasteiger partial charge on any atom is 0.333 e. The smallest absolute Gasteiger partial charge is 0.333 e. The van der Waals surface area contributed by atoms with Gasteiger partial charge >= 0.3 is 5.97 Å². The van der Waals surface area contributed by atoms with Gasteiger partial charge in [-0.1, -0.05) is 6.58 Å². The van der Waals surface area contributed by atoms with Crippen molar-refractivity contribution in [1.29, 1.82) is 0 Å². The van der Waals surface area contributed by atoms with Crippen LogP contribution in [0.1, 0.15) is 19.7 Å². The molecule has 5 nitrogen and oxygen atoms in total. The number of nitrogens with one attached hydrogen (secondary N) is 1. The summed E-state index contributed by atoms with van der Waals surface area (Å²) >= 11 is 0. The Morgan fingerprint density at radius 2 is 2.19 bits per heavy atom. The number of ether oxygens (including phenoxy) is 1. The number of anilines is 1. The molecule has 2 aromatic rings. The van der Waals surface area contributed by atoms with Gasteiger partial charge in [0.1, 0.15) is 11.9 Å². The Hall–Kier alpha value is -2.30. The van der Waals surface area contributed by atoms with E-state index in [4.69, 9.17) is 4.74 Å². The molecule has 1 aromatic heterocycles. The van der Waals surface area contributed by atoms with E-state index in [1.54, 1.807) is 6.92 Å². The molecule has 0 saturated heterocycles. The average molecular weight is 287 g/mol. The molecule has 0 bridgehead atoms. The summed E-state index contributed by atoms with van der Waals surface area (Å²) in [7, 11) is 4.00. The second kappa shape index (κ2) is 5.99. The number of hydrogen-bond donors (Lipinski definition) is 1. The van der Waals surface area contributed by atoms with Gasteiger partial charge in [-0.15, -0.1) is 0 Å². The van der Waals surface area contributed by atoms with Gasteiger partial charge < -0.3 is 14.6 Å². The van der Waals surface area contributed by atoms with Crippen LogP contribution in [0.3, 0.4) is 0 Å². The minimum atomic E-state index is -0.367. The molecule has 0 saturated carbocycles. The quantitative estimate of drug-likeness (QED) is 0.678. The molecule has 1 aromatic carbocycles. The zero-order chi connectivity index (χ0) is 15.6. The first-order valence-corrected chi connectivity index (χ1v) is 6.89. The molecular formula is C16H21N3O2. The molecule has 0 spiro atoms. The van der Waals surface area contributed by atoms with E-state index >= 15 is 0 Å². The summed E-state index contributed by atoms with van der Waals surface area (Å²) in [6.45, 7) is 7.06. The average Bonchev–Trinajstić information content (AvgIpc) is 2.78. The summed E-state index contributed by atoms with van der Waals surface area (Å²) in [5, 5.41) is 0. The first-order chi connectivity index (χ1) is 9.86. The van der Waals surface area contributed by atoms with Crippen LogP contribution in [-0.2, 0) is 16.0 Å². The normalized spacial score (nSPS) is 12.2. The minimum Gasteiger partial charge on any atom is -0.459 e. The summed E-state index contributed by atoms with van der Waals surface area (Å²) in [5.41, 5.74) is 3.41. The van der Waals surface area contributed by atoms with Crippen LogP contribution in [-0.4, -0.2) is 36.1 Å². The van der Waals surface area contributed by atoms with Crippen LogP contribution in [0.25, 0.3) is 11.0 Å². The number of benzene rings is 1. The van der Waals surface area contributed by atoms with Gasteiger partial charge in [0.05, 0.1) is 11.0 Å². The zero-order valence-corrected chi connectivity index (χ0v) is 12.9. The Morgan fingerprint density at radius 3 is 2.81 bits per heavy atom. The van der Waals surface area contributed by atoms with E-state index in [0.717, 1.165) is 22.5 Å². The lowest BCUT2D eigenvalue weighted by Gasteiger charge is -2.11. The minimum absolute atomic E-state index is 0.247. The van der Waals surface area contributed by atoms with Crippen LogP contribution in [0, 0.1) is 0 Å². The molecule has 0 amide bonds. The highest BCUT2D eigenvalue weighted by Crippen LogP contribution is 2.19. The molecule has 1 atom stereocenters. The highest BCUT2D eigenvalue weighted by atomic mass is 16.5. The van der Waals surface area contributed by atoms with Crippen LogP contribution in [0.2, 0.25) is 0 Å². The van der Waals surface area contributed by atoms with Gasteiger partial charge in [-0.2, -0.15) is 0 Å². The predicted octanol–water partition coefficient (Wildman–Crippen LogP) is 2.68. The number of esters is 1. The molecule has 2 rings (SSSR count). The Morgan fingerprint density at radius 1 is 1.48 bits per heavy atom. The summed E-state index contributed by atoms with van der Waals surface area (Å²) < 4.78 is 5.27. The maximum atomic E-state index is 11.5. The van der Waals surface area contributed by atoms with Crippen molar-refractivity contribution < 1.29 is 9.53 Å². The van der Waals surface area contributed by atoms with Gasteiger partial charge in [0.25, 0.3) is 0 Å². The van der Waals surface area contributed by atoms with Gasteiger partial charge in [-0.25, -0.2) is 9.78 Å². The van der Waals surface area contributed by atoms with Gasteiger partial charge in [0.2, 0.25) is 0 Å². The van der Waals surface area contributed by atoms with Crippen molar-refractivity contribution in [2.75, 3.05) is 19.0 Å². The topological polar surface area (TPSA) is 58.2 Å². The van der Waals surface area contributed by atoms with Crippen molar-refractivity contribution in [2.24, 2.45) is 0 Å². The fraction of sp³-hybridized carbons (Fsp3) is 0.375. The van der Waals surface area contributed by atoms with Crippen molar-refractivity contribution in [2.45, 2.75) is 26.4 Å². The summed E-state index contributed by atoms with van der Waals surface area (Å²) in [5.74, 6) is 0.441. The van der Waals surface area contributed by atoms with E-state index in [1.165, 1.54) is 0 Å². The lowest BCUT2D eigenvalue weighted by molar-refractivity contribution is -0.143. The number of imidazole rings is 1. The summed E-state index contributed by atoms with van der Waals surface area (Å²) in [6.07, 6.45) is 0.299. The molecule has 0 aliphatic heterocycles. The van der Waals surface area contributed by atoms with Gasteiger partial charge in [0, 0.05) is 31.8 Å². The second-order valence-electron chi connectivity index (χ2n) is 5.48. The SMILES string of the molecule is C=C(C)C(=O)OC(C)Cc1nc2ccc(N(C)C)cc2[nH]1. The number of rotatable bonds is 5. The highest BCUT2D eigenvalue weighted by molar-refractivity contribution is 5.87. The number of hydrogen-bond acceptors (Lipinski definition) is 4. The summed E-state index contributed by atoms with van der Waals surface area (Å²) in [4.78, 5) is 21.3. The molecule has 21 heavy (non-hydrogen) atoms. The number of carbonyl (C=O) groups is 1. The third kappa shape index (κ3) is 3.62. The first kappa shape index (κ1) is 15.1. The van der Waals surface area contributed by atoms with E-state index < -0.39 is 0 Å². The van der Waals surface area contributed by atoms with Crippen LogP contribution in [0.15, 0.2) is 30.4 Å².